The van der Waals surface area contributed by atoms with E-state index in [0.717, 1.165) is 25.7 Å². The van der Waals surface area contributed by atoms with Crippen molar-refractivity contribution in [2.75, 3.05) is 0 Å². The molecule has 4 heteroatoms. The van der Waals surface area contributed by atoms with Gasteiger partial charge in [-0.15, -0.1) is 0 Å². The normalized spacial score (nSPS) is 59.2. The number of aliphatic hydroxyl groups is 3. The summed E-state index contributed by atoms with van der Waals surface area (Å²) in [6, 6.07) is 0. The van der Waals surface area contributed by atoms with Crippen molar-refractivity contribution in [1.82, 2.24) is 0 Å². The fourth-order valence-corrected chi connectivity index (χ4v) is 6.98. The van der Waals surface area contributed by atoms with Gasteiger partial charge < -0.3 is 15.3 Å². The van der Waals surface area contributed by atoms with Gasteiger partial charge in [-0.1, -0.05) is 13.8 Å². The van der Waals surface area contributed by atoms with Gasteiger partial charge in [0.1, 0.15) is 5.78 Å². The van der Waals surface area contributed by atoms with E-state index in [0.29, 0.717) is 19.3 Å². The third kappa shape index (κ3) is 2.04. The Morgan fingerprint density at radius 1 is 1.00 bits per heavy atom. The molecule has 9 atom stereocenters. The molecule has 4 aliphatic carbocycles. The number of Topliss-reactive ketones (excluding diaryl/α,β-unsaturated/α-hetero) is 1. The summed E-state index contributed by atoms with van der Waals surface area (Å²) in [5, 5.41) is 31.4. The number of ketones is 1. The van der Waals surface area contributed by atoms with Gasteiger partial charge in [0, 0.05) is 17.8 Å². The summed E-state index contributed by atoms with van der Waals surface area (Å²) in [4.78, 5) is 13.1. The first-order valence-electron chi connectivity index (χ1n) is 9.34. The fourth-order valence-electron chi connectivity index (χ4n) is 6.98. The van der Waals surface area contributed by atoms with Crippen molar-refractivity contribution >= 4 is 5.78 Å². The number of aliphatic hydroxyl groups excluding tert-OH is 3. The minimum absolute atomic E-state index is 0.00473. The first-order chi connectivity index (χ1) is 10.8. The summed E-state index contributed by atoms with van der Waals surface area (Å²) in [5.74, 6) is 0.640. The summed E-state index contributed by atoms with van der Waals surface area (Å²) in [7, 11) is 0. The highest BCUT2D eigenvalue weighted by atomic mass is 16.3. The predicted octanol–water partition coefficient (Wildman–Crippen LogP) is 1.90. The van der Waals surface area contributed by atoms with Crippen LogP contribution in [-0.2, 0) is 4.79 Å². The lowest BCUT2D eigenvalue weighted by Gasteiger charge is -2.60. The number of hydrogen-bond donors (Lipinski definition) is 3. The molecule has 0 spiro atoms. The second-order valence-corrected chi connectivity index (χ2v) is 9.34. The highest BCUT2D eigenvalue weighted by molar-refractivity contribution is 5.84. The van der Waals surface area contributed by atoms with Gasteiger partial charge in [0.05, 0.1) is 18.3 Å². The molecule has 130 valence electrons. The molecule has 9 unspecified atom stereocenters. The first-order valence-corrected chi connectivity index (χ1v) is 9.34. The fraction of sp³-hybridized carbons (Fsp3) is 0.947. The molecule has 0 heterocycles. The number of carbonyl (C=O) groups excluding carboxylic acids is 1. The van der Waals surface area contributed by atoms with E-state index in [1.807, 2.05) is 0 Å². The Bertz CT molecular complexity index is 519. The van der Waals surface area contributed by atoms with Crippen LogP contribution in [0.15, 0.2) is 0 Å². The van der Waals surface area contributed by atoms with E-state index in [1.54, 1.807) is 0 Å². The Labute approximate surface area is 138 Å². The van der Waals surface area contributed by atoms with Crippen molar-refractivity contribution in [3.8, 4) is 0 Å². The molecule has 4 nitrogen and oxygen atoms in total. The molecule has 0 aliphatic heterocycles. The smallest absolute Gasteiger partial charge is 0.137 e. The van der Waals surface area contributed by atoms with Gasteiger partial charge >= 0.3 is 0 Å². The summed E-state index contributed by atoms with van der Waals surface area (Å²) in [5.41, 5.74) is -0.439. The van der Waals surface area contributed by atoms with Gasteiger partial charge in [-0.2, -0.15) is 0 Å². The highest BCUT2D eigenvalue weighted by Crippen LogP contribution is 2.65. The molecule has 4 fully saturated rings. The second kappa shape index (κ2) is 5.03. The molecule has 0 bridgehead atoms. The van der Waals surface area contributed by atoms with Gasteiger partial charge in [-0.05, 0) is 61.7 Å². The van der Waals surface area contributed by atoms with Crippen LogP contribution < -0.4 is 0 Å². The summed E-state index contributed by atoms with van der Waals surface area (Å²) in [6.45, 7) is 4.27. The van der Waals surface area contributed by atoms with Crippen molar-refractivity contribution < 1.29 is 20.1 Å². The molecule has 4 rings (SSSR count). The molecule has 23 heavy (non-hydrogen) atoms. The molecule has 0 saturated heterocycles. The average Bonchev–Trinajstić information content (AvgIpc) is 2.76. The maximum absolute atomic E-state index is 13.1. The van der Waals surface area contributed by atoms with Gasteiger partial charge in [0.15, 0.2) is 0 Å². The van der Waals surface area contributed by atoms with Crippen molar-refractivity contribution in [2.45, 2.75) is 77.1 Å². The number of fused-ring (bicyclic) bond motifs is 5. The minimum atomic E-state index is -0.470. The third-order valence-corrected chi connectivity index (χ3v) is 8.30. The Kier molecular flexibility index (Phi) is 3.51. The molecule has 0 aromatic rings. The number of rotatable bonds is 0. The standard InChI is InChI=1S/C19H30O4/c1-18-6-5-11(20)7-10(18)8-13(21)16-12-3-4-15(23)19(12,2)9-14(22)17(16)18/h10-13,15-17,20-21,23H,3-9H2,1-2H3. The van der Waals surface area contributed by atoms with Crippen LogP contribution >= 0.6 is 0 Å². The predicted molar refractivity (Wildman–Crippen MR) is 85.5 cm³/mol. The van der Waals surface area contributed by atoms with Crippen LogP contribution in [0.4, 0.5) is 0 Å². The van der Waals surface area contributed by atoms with E-state index < -0.39 is 12.2 Å². The zero-order chi connectivity index (χ0) is 16.6. The Balaban J connectivity index is 1.74. The lowest BCUT2D eigenvalue weighted by molar-refractivity contribution is -0.184. The van der Waals surface area contributed by atoms with Gasteiger partial charge in [0.2, 0.25) is 0 Å². The van der Waals surface area contributed by atoms with E-state index in [4.69, 9.17) is 0 Å². The van der Waals surface area contributed by atoms with E-state index >= 15 is 0 Å². The minimum Gasteiger partial charge on any atom is -0.393 e. The quantitative estimate of drug-likeness (QED) is 0.636. The lowest BCUT2D eigenvalue weighted by Crippen LogP contribution is -2.62. The third-order valence-electron chi connectivity index (χ3n) is 8.30. The monoisotopic (exact) mass is 322 g/mol. The Hall–Kier alpha value is -0.450. The topological polar surface area (TPSA) is 77.8 Å². The van der Waals surface area contributed by atoms with Crippen molar-refractivity contribution in [3.05, 3.63) is 0 Å². The zero-order valence-electron chi connectivity index (χ0n) is 14.2. The van der Waals surface area contributed by atoms with E-state index in [-0.39, 0.29) is 46.4 Å². The van der Waals surface area contributed by atoms with E-state index in [2.05, 4.69) is 13.8 Å². The number of carbonyl (C=O) groups is 1. The maximum atomic E-state index is 13.1. The summed E-state index contributed by atoms with van der Waals surface area (Å²) < 4.78 is 0. The molecular weight excluding hydrogens is 292 g/mol. The molecule has 3 N–H and O–H groups in total. The van der Waals surface area contributed by atoms with Crippen LogP contribution in [0.1, 0.15) is 58.8 Å². The highest BCUT2D eigenvalue weighted by Gasteiger charge is 2.65. The molecule has 0 aromatic heterocycles. The molecule has 0 radical (unpaired) electrons. The van der Waals surface area contributed by atoms with Crippen LogP contribution in [0, 0.1) is 34.5 Å². The van der Waals surface area contributed by atoms with E-state index in [9.17, 15) is 20.1 Å². The Morgan fingerprint density at radius 2 is 1.74 bits per heavy atom. The van der Waals surface area contributed by atoms with Gasteiger partial charge in [-0.3, -0.25) is 4.79 Å². The molecule has 0 amide bonds. The van der Waals surface area contributed by atoms with Gasteiger partial charge in [0.25, 0.3) is 0 Å². The maximum Gasteiger partial charge on any atom is 0.137 e. The molecule has 4 aliphatic rings. The molecule has 4 saturated carbocycles. The van der Waals surface area contributed by atoms with Crippen LogP contribution in [-0.4, -0.2) is 39.4 Å². The van der Waals surface area contributed by atoms with Crippen molar-refractivity contribution in [1.29, 1.82) is 0 Å². The van der Waals surface area contributed by atoms with Crippen LogP contribution in [0.3, 0.4) is 0 Å². The van der Waals surface area contributed by atoms with E-state index in [1.165, 1.54) is 0 Å². The van der Waals surface area contributed by atoms with Crippen LogP contribution in [0.5, 0.6) is 0 Å². The molecular formula is C19H30O4. The van der Waals surface area contributed by atoms with Gasteiger partial charge in [-0.25, -0.2) is 0 Å². The van der Waals surface area contributed by atoms with Crippen LogP contribution in [0.25, 0.3) is 0 Å². The largest absolute Gasteiger partial charge is 0.393 e. The van der Waals surface area contributed by atoms with Crippen LogP contribution in [0.2, 0.25) is 0 Å². The summed E-state index contributed by atoms with van der Waals surface area (Å²) >= 11 is 0. The average molecular weight is 322 g/mol. The Morgan fingerprint density at radius 3 is 2.48 bits per heavy atom. The first kappa shape index (κ1) is 16.0. The number of hydrogen-bond acceptors (Lipinski definition) is 4. The zero-order valence-corrected chi connectivity index (χ0v) is 14.2. The SMILES string of the molecule is CC12CC(=O)C3C(C(O)CC4CC(O)CCC43C)C1CCC2O. The summed E-state index contributed by atoms with van der Waals surface area (Å²) in [6.07, 6.45) is 4.03. The second-order valence-electron chi connectivity index (χ2n) is 9.34. The van der Waals surface area contributed by atoms with Crippen molar-refractivity contribution in [3.63, 3.8) is 0 Å². The van der Waals surface area contributed by atoms with Crippen molar-refractivity contribution in [2.24, 2.45) is 34.5 Å². The molecule has 0 aromatic carbocycles. The lowest BCUT2D eigenvalue weighted by atomic mass is 9.44.